The maximum atomic E-state index is 12.9. The third-order valence-corrected chi connectivity index (χ3v) is 6.59. The number of likely N-dealkylation sites (tertiary alicyclic amines) is 1. The van der Waals surface area contributed by atoms with E-state index in [0.29, 0.717) is 19.5 Å². The summed E-state index contributed by atoms with van der Waals surface area (Å²) in [6.45, 7) is 2.06. The highest BCUT2D eigenvalue weighted by Crippen LogP contribution is 2.35. The second kappa shape index (κ2) is 8.31. The lowest BCUT2D eigenvalue weighted by atomic mass is 9.93. The molecule has 3 heterocycles. The summed E-state index contributed by atoms with van der Waals surface area (Å²) in [4.78, 5) is 31.3. The molecule has 2 aliphatic heterocycles. The minimum atomic E-state index is -0.173. The van der Waals surface area contributed by atoms with Gasteiger partial charge in [-0.1, -0.05) is 12.1 Å². The summed E-state index contributed by atoms with van der Waals surface area (Å²) < 4.78 is 5.46. The molecule has 28 heavy (non-hydrogen) atoms. The van der Waals surface area contributed by atoms with Gasteiger partial charge in [0.1, 0.15) is 5.75 Å². The highest BCUT2D eigenvalue weighted by atomic mass is 32.1. The van der Waals surface area contributed by atoms with Gasteiger partial charge < -0.3 is 15.0 Å². The number of nitrogens with one attached hydrogen (secondary N) is 1. The van der Waals surface area contributed by atoms with Crippen molar-refractivity contribution in [1.29, 1.82) is 0 Å². The van der Waals surface area contributed by atoms with Crippen molar-refractivity contribution in [2.45, 2.75) is 31.6 Å². The normalized spacial score (nSPS) is 22.6. The van der Waals surface area contributed by atoms with Crippen LogP contribution in [0.15, 0.2) is 29.6 Å². The fraction of sp³-hybridized carbons (Fsp3) is 0.476. The number of aromatic nitrogens is 1. The Bertz CT molecular complexity index is 866. The van der Waals surface area contributed by atoms with Crippen molar-refractivity contribution in [2.24, 2.45) is 5.92 Å². The van der Waals surface area contributed by atoms with Gasteiger partial charge in [-0.05, 0) is 31.4 Å². The molecular weight excluding hydrogens is 374 g/mol. The van der Waals surface area contributed by atoms with Gasteiger partial charge in [0, 0.05) is 48.8 Å². The number of methoxy groups -OCH3 is 1. The lowest BCUT2D eigenvalue weighted by molar-refractivity contribution is -0.141. The molecule has 2 fully saturated rings. The van der Waals surface area contributed by atoms with Gasteiger partial charge in [-0.15, -0.1) is 11.3 Å². The number of thiazole rings is 1. The van der Waals surface area contributed by atoms with Crippen LogP contribution in [0.5, 0.6) is 5.75 Å². The zero-order valence-corrected chi connectivity index (χ0v) is 16.8. The van der Waals surface area contributed by atoms with E-state index in [2.05, 4.69) is 10.7 Å². The molecule has 0 saturated carbocycles. The average Bonchev–Trinajstić information content (AvgIpc) is 3.23. The molecule has 0 unspecified atom stereocenters. The molecule has 1 aromatic heterocycles. The van der Waals surface area contributed by atoms with Crippen molar-refractivity contribution in [1.82, 2.24) is 15.2 Å². The molecule has 4 rings (SSSR count). The van der Waals surface area contributed by atoms with Crippen LogP contribution in [-0.4, -0.2) is 48.4 Å². The molecule has 0 radical (unpaired) electrons. The predicted molar refractivity (Wildman–Crippen MR) is 108 cm³/mol. The van der Waals surface area contributed by atoms with Gasteiger partial charge >= 0.3 is 0 Å². The largest absolute Gasteiger partial charge is 0.496 e. The van der Waals surface area contributed by atoms with E-state index < -0.39 is 0 Å². The summed E-state index contributed by atoms with van der Waals surface area (Å²) in [5.74, 6) is 1.01. The van der Waals surface area contributed by atoms with E-state index in [-0.39, 0.29) is 23.7 Å². The molecule has 2 atom stereocenters. The van der Waals surface area contributed by atoms with Crippen LogP contribution in [0.3, 0.4) is 0 Å². The topological polar surface area (TPSA) is 71.5 Å². The third-order valence-electron chi connectivity index (χ3n) is 5.58. The highest BCUT2D eigenvalue weighted by Gasteiger charge is 2.33. The van der Waals surface area contributed by atoms with Crippen molar-refractivity contribution in [3.05, 3.63) is 34.7 Å². The van der Waals surface area contributed by atoms with Gasteiger partial charge in [0.25, 0.3) is 0 Å². The number of carbonyl (C=O) groups excluding carboxylic acids is 2. The standard InChI is InChI=1S/C21H25N3O3S/c1-27-18-7-3-2-6-16(18)17-13-28-20(23-17)15-5-4-10-24(12-15)21(26)14-8-9-22-19(25)11-14/h2-3,6-7,13-15H,4-5,8-12H2,1H3,(H,22,25)/t14-,15-/m1/s1. The maximum absolute atomic E-state index is 12.9. The van der Waals surface area contributed by atoms with Crippen LogP contribution in [0.4, 0.5) is 0 Å². The number of ether oxygens (including phenoxy) is 1. The first-order valence-corrected chi connectivity index (χ1v) is 10.7. The molecule has 148 valence electrons. The Morgan fingerprint density at radius 3 is 3.00 bits per heavy atom. The minimum absolute atomic E-state index is 0.0143. The summed E-state index contributed by atoms with van der Waals surface area (Å²) in [5.41, 5.74) is 1.91. The van der Waals surface area contributed by atoms with E-state index >= 15 is 0 Å². The smallest absolute Gasteiger partial charge is 0.226 e. The second-order valence-electron chi connectivity index (χ2n) is 7.43. The summed E-state index contributed by atoms with van der Waals surface area (Å²) in [7, 11) is 1.67. The van der Waals surface area contributed by atoms with Crippen LogP contribution in [-0.2, 0) is 9.59 Å². The molecular formula is C21H25N3O3S. The lowest BCUT2D eigenvalue weighted by Gasteiger charge is -2.35. The molecule has 1 N–H and O–H groups in total. The Balaban J connectivity index is 1.47. The van der Waals surface area contributed by atoms with Gasteiger partial charge in [0.15, 0.2) is 0 Å². The Labute approximate surface area is 168 Å². The van der Waals surface area contributed by atoms with Crippen LogP contribution < -0.4 is 10.1 Å². The zero-order chi connectivity index (χ0) is 19.5. The van der Waals surface area contributed by atoms with Crippen molar-refractivity contribution in [2.75, 3.05) is 26.7 Å². The van der Waals surface area contributed by atoms with Crippen molar-refractivity contribution >= 4 is 23.2 Å². The van der Waals surface area contributed by atoms with Gasteiger partial charge in [0.2, 0.25) is 11.8 Å². The molecule has 0 aliphatic carbocycles. The monoisotopic (exact) mass is 399 g/mol. The van der Waals surface area contributed by atoms with Gasteiger partial charge in [-0.3, -0.25) is 9.59 Å². The Morgan fingerprint density at radius 1 is 1.32 bits per heavy atom. The Hall–Kier alpha value is -2.41. The lowest BCUT2D eigenvalue weighted by Crippen LogP contribution is -2.46. The summed E-state index contributed by atoms with van der Waals surface area (Å²) in [6.07, 6.45) is 3.06. The van der Waals surface area contributed by atoms with Crippen molar-refractivity contribution in [3.8, 4) is 17.0 Å². The minimum Gasteiger partial charge on any atom is -0.496 e. The van der Waals surface area contributed by atoms with Gasteiger partial charge in [0.05, 0.1) is 17.8 Å². The van der Waals surface area contributed by atoms with Crippen molar-refractivity contribution < 1.29 is 14.3 Å². The number of benzene rings is 1. The second-order valence-corrected chi connectivity index (χ2v) is 8.32. The first kappa shape index (κ1) is 18.9. The number of nitrogens with zero attached hydrogens (tertiary/aromatic N) is 2. The first-order valence-electron chi connectivity index (χ1n) is 9.80. The molecule has 1 aromatic carbocycles. The molecule has 2 aromatic rings. The van der Waals surface area contributed by atoms with E-state index in [9.17, 15) is 9.59 Å². The van der Waals surface area contributed by atoms with Crippen LogP contribution in [0.25, 0.3) is 11.3 Å². The van der Waals surface area contributed by atoms with E-state index in [1.54, 1.807) is 18.4 Å². The van der Waals surface area contributed by atoms with Crippen LogP contribution >= 0.6 is 11.3 Å². The number of amides is 2. The Morgan fingerprint density at radius 2 is 2.18 bits per heavy atom. The number of rotatable bonds is 4. The Kier molecular flexibility index (Phi) is 5.62. The molecule has 7 heteroatoms. The fourth-order valence-corrected chi connectivity index (χ4v) is 5.03. The fourth-order valence-electron chi connectivity index (χ4n) is 4.09. The molecule has 2 amide bonds. The quantitative estimate of drug-likeness (QED) is 0.858. The van der Waals surface area contributed by atoms with Crippen LogP contribution in [0, 0.1) is 5.92 Å². The number of piperidine rings is 2. The maximum Gasteiger partial charge on any atom is 0.226 e. The summed E-state index contributed by atoms with van der Waals surface area (Å²) in [6, 6.07) is 7.89. The number of hydrogen-bond acceptors (Lipinski definition) is 5. The average molecular weight is 400 g/mol. The molecule has 2 saturated heterocycles. The van der Waals surface area contributed by atoms with Gasteiger partial charge in [-0.25, -0.2) is 4.98 Å². The van der Waals surface area contributed by atoms with Crippen LogP contribution in [0.2, 0.25) is 0 Å². The predicted octanol–water partition coefficient (Wildman–Crippen LogP) is 3.05. The number of para-hydroxylation sites is 1. The van der Waals surface area contributed by atoms with E-state index in [4.69, 9.17) is 9.72 Å². The van der Waals surface area contributed by atoms with Crippen molar-refractivity contribution in [3.63, 3.8) is 0 Å². The highest BCUT2D eigenvalue weighted by molar-refractivity contribution is 7.10. The molecule has 6 nitrogen and oxygen atoms in total. The number of carbonyl (C=O) groups is 2. The molecule has 0 spiro atoms. The van der Waals surface area contributed by atoms with E-state index in [1.165, 1.54) is 0 Å². The van der Waals surface area contributed by atoms with Crippen LogP contribution in [0.1, 0.15) is 36.6 Å². The van der Waals surface area contributed by atoms with Gasteiger partial charge in [-0.2, -0.15) is 0 Å². The zero-order valence-electron chi connectivity index (χ0n) is 16.0. The third kappa shape index (κ3) is 3.90. The first-order chi connectivity index (χ1) is 13.7. The summed E-state index contributed by atoms with van der Waals surface area (Å²) in [5, 5.41) is 5.94. The van der Waals surface area contributed by atoms with E-state index in [1.807, 2.05) is 29.2 Å². The number of hydrogen-bond donors (Lipinski definition) is 1. The molecule has 2 aliphatic rings. The molecule has 0 bridgehead atoms. The SMILES string of the molecule is COc1ccccc1-c1csc([C@@H]2CCCN(C(=O)[C@@H]3CCNC(=O)C3)C2)n1. The van der Waals surface area contributed by atoms with E-state index in [0.717, 1.165) is 47.8 Å². The summed E-state index contributed by atoms with van der Waals surface area (Å²) >= 11 is 1.65.